The zero-order valence-corrected chi connectivity index (χ0v) is 21.6. The third-order valence-corrected chi connectivity index (χ3v) is 8.18. The largest absolute Gasteiger partial charge is 0.480 e. The van der Waals surface area contributed by atoms with E-state index in [1.165, 1.54) is 19.4 Å². The van der Waals surface area contributed by atoms with Gasteiger partial charge >= 0.3 is 0 Å². The third kappa shape index (κ3) is 5.21. The molecule has 0 amide bonds. The lowest BCUT2D eigenvalue weighted by Crippen LogP contribution is -2.24. The first-order chi connectivity index (χ1) is 18.7. The number of nitrogens with zero attached hydrogens (tertiary/aromatic N) is 3. The number of halogens is 2. The summed E-state index contributed by atoms with van der Waals surface area (Å²) in [5.41, 5.74) is 8.98. The van der Waals surface area contributed by atoms with Crippen molar-refractivity contribution in [2.75, 3.05) is 17.6 Å². The van der Waals surface area contributed by atoms with Crippen LogP contribution in [0, 0.1) is 11.6 Å². The summed E-state index contributed by atoms with van der Waals surface area (Å²) in [5, 5.41) is 0. The first-order valence-corrected chi connectivity index (χ1v) is 13.6. The molecule has 39 heavy (non-hydrogen) atoms. The van der Waals surface area contributed by atoms with Gasteiger partial charge < -0.3 is 19.8 Å². The molecule has 2 aromatic heterocycles. The Labute approximate surface area is 222 Å². The molecule has 10 nitrogen and oxygen atoms in total. The van der Waals surface area contributed by atoms with Crippen LogP contribution in [0.3, 0.4) is 0 Å². The van der Waals surface area contributed by atoms with Gasteiger partial charge in [0.25, 0.3) is 16.5 Å². The van der Waals surface area contributed by atoms with E-state index in [9.17, 15) is 22.0 Å². The number of sulfonamides is 1. The van der Waals surface area contributed by atoms with Crippen molar-refractivity contribution in [1.82, 2.24) is 14.5 Å². The number of fused-ring (bicyclic) bond motifs is 1. The van der Waals surface area contributed by atoms with Crippen LogP contribution >= 0.6 is 0 Å². The summed E-state index contributed by atoms with van der Waals surface area (Å²) in [5.74, 6) is -1.79. The van der Waals surface area contributed by atoms with Crippen LogP contribution in [0.15, 0.2) is 53.6 Å². The number of nitrogens with one attached hydrogen (secondary N) is 1. The van der Waals surface area contributed by atoms with Crippen LogP contribution in [0.4, 0.5) is 20.4 Å². The number of benzene rings is 2. The van der Waals surface area contributed by atoms with Crippen LogP contribution in [-0.2, 0) is 19.6 Å². The van der Waals surface area contributed by atoms with E-state index in [0.29, 0.717) is 48.0 Å². The number of hydrogen-bond acceptors (Lipinski definition) is 8. The van der Waals surface area contributed by atoms with Crippen LogP contribution < -0.4 is 15.2 Å². The predicted molar refractivity (Wildman–Crippen MR) is 140 cm³/mol. The van der Waals surface area contributed by atoms with E-state index in [2.05, 4.69) is 14.7 Å². The Hall–Kier alpha value is -4.26. The Morgan fingerprint density at radius 3 is 2.54 bits per heavy atom. The van der Waals surface area contributed by atoms with Crippen LogP contribution in [-0.4, -0.2) is 42.6 Å². The van der Waals surface area contributed by atoms with Gasteiger partial charge in [-0.2, -0.15) is 0 Å². The summed E-state index contributed by atoms with van der Waals surface area (Å²) < 4.78 is 67.9. The van der Waals surface area contributed by atoms with Crippen molar-refractivity contribution < 1.29 is 31.5 Å². The first kappa shape index (κ1) is 26.4. The normalized spacial score (nSPS) is 17.6. The highest BCUT2D eigenvalue weighted by atomic mass is 32.2. The maximum absolute atomic E-state index is 14.2. The molecular weight excluding hydrogens is 532 g/mol. The van der Waals surface area contributed by atoms with E-state index < -0.39 is 26.6 Å². The molecule has 0 aliphatic heterocycles. The molecule has 1 aliphatic rings. The molecule has 0 spiro atoms. The predicted octanol–water partition coefficient (Wildman–Crippen LogP) is 4.42. The van der Waals surface area contributed by atoms with E-state index in [1.807, 2.05) is 10.6 Å². The van der Waals surface area contributed by atoms with Gasteiger partial charge in [0.2, 0.25) is 11.8 Å². The van der Waals surface area contributed by atoms with Crippen molar-refractivity contribution in [2.24, 2.45) is 0 Å². The molecular formula is C26H25F2N5O5S. The molecule has 3 N–H and O–H groups in total. The number of hydrogen-bond donors (Lipinski definition) is 2. The number of anilines is 2. The zero-order chi connectivity index (χ0) is 27.7. The molecule has 0 bridgehead atoms. The number of pyridine rings is 1. The average Bonchev–Trinajstić information content (AvgIpc) is 3.23. The van der Waals surface area contributed by atoms with Gasteiger partial charge in [0.15, 0.2) is 0 Å². The van der Waals surface area contributed by atoms with Crippen molar-refractivity contribution in [3.8, 4) is 17.0 Å². The Morgan fingerprint density at radius 2 is 1.85 bits per heavy atom. The van der Waals surface area contributed by atoms with Crippen LogP contribution in [0.2, 0.25) is 0 Å². The molecule has 1 fully saturated rings. The highest BCUT2D eigenvalue weighted by molar-refractivity contribution is 7.92. The van der Waals surface area contributed by atoms with E-state index in [4.69, 9.17) is 15.2 Å². The van der Waals surface area contributed by atoms with Crippen molar-refractivity contribution in [1.29, 1.82) is 0 Å². The molecule has 1 saturated carbocycles. The molecule has 0 atom stereocenters. The number of nitrogens with two attached hydrogens (primary N) is 1. The second kappa shape index (κ2) is 10.5. The maximum Gasteiger partial charge on any atom is 0.293 e. The van der Waals surface area contributed by atoms with Gasteiger partial charge in [0.1, 0.15) is 28.3 Å². The highest BCUT2D eigenvalue weighted by Gasteiger charge is 2.26. The van der Waals surface area contributed by atoms with Crippen LogP contribution in [0.1, 0.15) is 31.7 Å². The highest BCUT2D eigenvalue weighted by Crippen LogP contribution is 2.37. The molecule has 2 aromatic carbocycles. The van der Waals surface area contributed by atoms with Crippen LogP contribution in [0.5, 0.6) is 5.88 Å². The second-order valence-electron chi connectivity index (χ2n) is 9.17. The summed E-state index contributed by atoms with van der Waals surface area (Å²) >= 11 is 0. The average molecular weight is 558 g/mol. The van der Waals surface area contributed by atoms with Crippen molar-refractivity contribution in [2.45, 2.75) is 42.7 Å². The molecule has 1 aliphatic carbocycles. The number of nitrogen functional groups attached to an aromatic ring is 1. The monoisotopic (exact) mass is 557 g/mol. The zero-order valence-electron chi connectivity index (χ0n) is 20.8. The standard InChI is InChI=1S/C26H25F2N5O5S/c1-37-25-22(32-39(35,36)24-9-3-17(27)12-20(24)28)10-16(13-30-25)15-2-8-21-23(11-15)33(26(29)31-21)18-4-6-19(7-5-18)38-14-34/h2-3,8-14,18-19,32H,4-7H2,1H3,(H2,29,31). The molecule has 0 saturated heterocycles. The topological polar surface area (TPSA) is 138 Å². The van der Waals surface area contributed by atoms with Gasteiger partial charge in [-0.15, -0.1) is 0 Å². The van der Waals surface area contributed by atoms with Crippen molar-refractivity contribution >= 4 is 39.2 Å². The molecule has 0 unspecified atom stereocenters. The molecule has 13 heteroatoms. The Bertz CT molecular complexity index is 1650. The number of carbonyl (C=O) groups is 1. The van der Waals surface area contributed by atoms with Gasteiger partial charge in [-0.3, -0.25) is 9.52 Å². The first-order valence-electron chi connectivity index (χ1n) is 12.1. The molecule has 5 rings (SSSR count). The fourth-order valence-electron chi connectivity index (χ4n) is 4.93. The van der Waals surface area contributed by atoms with E-state index in [0.717, 1.165) is 30.5 Å². The Balaban J connectivity index is 1.49. The minimum atomic E-state index is -4.43. The molecule has 0 radical (unpaired) electrons. The summed E-state index contributed by atoms with van der Waals surface area (Å²) in [7, 11) is -3.11. The van der Waals surface area contributed by atoms with Crippen molar-refractivity contribution in [3.63, 3.8) is 0 Å². The Kier molecular flexibility index (Phi) is 7.08. The second-order valence-corrected chi connectivity index (χ2v) is 10.8. The maximum atomic E-state index is 14.2. The number of aromatic nitrogens is 3. The molecule has 2 heterocycles. The number of imidazole rings is 1. The quantitative estimate of drug-likeness (QED) is 0.304. The van der Waals surface area contributed by atoms with Gasteiger partial charge in [0, 0.05) is 23.9 Å². The summed E-state index contributed by atoms with van der Waals surface area (Å²) in [6.45, 7) is 0.478. The number of rotatable bonds is 8. The SMILES string of the molecule is COc1ncc(-c2ccc3nc(N)n(C4CCC(OC=O)CC4)c3c2)cc1NS(=O)(=O)c1ccc(F)cc1F. The minimum Gasteiger partial charge on any atom is -0.480 e. The van der Waals surface area contributed by atoms with E-state index in [-0.39, 0.29) is 23.7 Å². The smallest absolute Gasteiger partial charge is 0.293 e. The Morgan fingerprint density at radius 1 is 1.08 bits per heavy atom. The number of methoxy groups -OCH3 is 1. The van der Waals surface area contributed by atoms with Gasteiger partial charge in [-0.1, -0.05) is 6.07 Å². The van der Waals surface area contributed by atoms with E-state index in [1.54, 1.807) is 12.1 Å². The third-order valence-electron chi connectivity index (χ3n) is 6.78. The summed E-state index contributed by atoms with van der Waals surface area (Å²) in [6.07, 6.45) is 4.34. The van der Waals surface area contributed by atoms with E-state index >= 15 is 0 Å². The minimum absolute atomic E-state index is 0.0275. The van der Waals surface area contributed by atoms with Crippen molar-refractivity contribution in [3.05, 3.63) is 60.3 Å². The lowest BCUT2D eigenvalue weighted by Gasteiger charge is -2.29. The van der Waals surface area contributed by atoms with Gasteiger partial charge in [0.05, 0.1) is 18.1 Å². The summed E-state index contributed by atoms with van der Waals surface area (Å²) in [4.78, 5) is 18.7. The fourth-order valence-corrected chi connectivity index (χ4v) is 6.04. The lowest BCUT2D eigenvalue weighted by molar-refractivity contribution is -0.135. The van der Waals surface area contributed by atoms with Gasteiger partial charge in [-0.05, 0) is 61.6 Å². The number of ether oxygens (including phenoxy) is 2. The lowest BCUT2D eigenvalue weighted by atomic mass is 9.92. The number of carbonyl (C=O) groups excluding carboxylic acids is 1. The fraction of sp³-hybridized carbons (Fsp3) is 0.269. The molecule has 204 valence electrons. The summed E-state index contributed by atoms with van der Waals surface area (Å²) in [6, 6.07) is 9.26. The van der Waals surface area contributed by atoms with Gasteiger partial charge in [-0.25, -0.2) is 27.2 Å². The molecule has 4 aromatic rings. The van der Waals surface area contributed by atoms with Crippen LogP contribution in [0.25, 0.3) is 22.2 Å².